The topological polar surface area (TPSA) is 52.6 Å². The average molecular weight is 276 g/mol. The molecular formula is C14H12O4S. The number of hydrogen-bond donors (Lipinski definition) is 0. The molecule has 0 fully saturated rings. The molecule has 0 saturated heterocycles. The third kappa shape index (κ3) is 2.34. The molecule has 0 atom stereocenters. The second-order valence-corrected chi connectivity index (χ2v) is 5.96. The fourth-order valence-electron chi connectivity index (χ4n) is 2.14. The van der Waals surface area contributed by atoms with Gasteiger partial charge in [-0.3, -0.25) is 4.18 Å². The second kappa shape index (κ2) is 4.36. The van der Waals surface area contributed by atoms with Gasteiger partial charge >= 0.3 is 0 Å². The van der Waals surface area contributed by atoms with Gasteiger partial charge < -0.3 is 4.74 Å². The van der Waals surface area contributed by atoms with Crippen LogP contribution in [0.15, 0.2) is 48.5 Å². The Hall–Kier alpha value is -1.85. The molecule has 1 heterocycles. The van der Waals surface area contributed by atoms with Gasteiger partial charge in [0.15, 0.2) is 0 Å². The summed E-state index contributed by atoms with van der Waals surface area (Å²) in [6, 6.07) is 14.5. The Balaban J connectivity index is 2.16. The molecule has 19 heavy (non-hydrogen) atoms. The summed E-state index contributed by atoms with van der Waals surface area (Å²) in [5.74, 6) is 1.24. The Bertz CT molecular complexity index is 676. The number of hydrogen-bond acceptors (Lipinski definition) is 4. The van der Waals surface area contributed by atoms with Crippen molar-refractivity contribution in [1.82, 2.24) is 0 Å². The molecule has 0 aliphatic carbocycles. The highest BCUT2D eigenvalue weighted by atomic mass is 32.2. The van der Waals surface area contributed by atoms with E-state index in [0.717, 1.165) is 6.26 Å². The maximum atomic E-state index is 11.5. The first-order valence-electron chi connectivity index (χ1n) is 5.78. The Morgan fingerprint density at radius 3 is 1.89 bits per heavy atom. The van der Waals surface area contributed by atoms with Crippen molar-refractivity contribution in [2.75, 3.05) is 6.26 Å². The van der Waals surface area contributed by atoms with Crippen LogP contribution in [0.3, 0.4) is 0 Å². The minimum atomic E-state index is -3.56. The van der Waals surface area contributed by atoms with Crippen molar-refractivity contribution in [3.63, 3.8) is 0 Å². The number of fused-ring (bicyclic) bond motifs is 2. The lowest BCUT2D eigenvalue weighted by atomic mass is 9.97. The maximum absolute atomic E-state index is 11.5. The highest BCUT2D eigenvalue weighted by Gasteiger charge is 2.30. The van der Waals surface area contributed by atoms with Gasteiger partial charge in [-0.25, -0.2) is 0 Å². The molecule has 2 aromatic carbocycles. The lowest BCUT2D eigenvalue weighted by Gasteiger charge is -2.27. The maximum Gasteiger partial charge on any atom is 0.265 e. The third-order valence-electron chi connectivity index (χ3n) is 2.89. The zero-order valence-corrected chi connectivity index (χ0v) is 11.1. The lowest BCUT2D eigenvalue weighted by Crippen LogP contribution is -2.16. The van der Waals surface area contributed by atoms with Crippen molar-refractivity contribution < 1.29 is 17.3 Å². The molecule has 0 radical (unpaired) electrons. The van der Waals surface area contributed by atoms with E-state index in [-0.39, 0.29) is 0 Å². The standard InChI is InChI=1S/C14H12O4S/c1-19(15,16)18-14-10-6-2-4-8-12(10)17-13-9-5-3-7-11(13)14/h2-9,14H,1H3. The van der Waals surface area contributed by atoms with Crippen LogP contribution in [0, 0.1) is 0 Å². The van der Waals surface area contributed by atoms with Crippen LogP contribution in [0.2, 0.25) is 0 Å². The number of para-hydroxylation sites is 2. The van der Waals surface area contributed by atoms with E-state index in [1.165, 1.54) is 0 Å². The normalized spacial score (nSPS) is 14.4. The van der Waals surface area contributed by atoms with Gasteiger partial charge in [0.2, 0.25) is 0 Å². The minimum absolute atomic E-state index is 0.620. The molecule has 98 valence electrons. The van der Waals surface area contributed by atoms with Gasteiger partial charge in [0.05, 0.1) is 6.26 Å². The van der Waals surface area contributed by atoms with E-state index in [4.69, 9.17) is 8.92 Å². The van der Waals surface area contributed by atoms with E-state index in [0.29, 0.717) is 22.6 Å². The van der Waals surface area contributed by atoms with Crippen LogP contribution in [0.1, 0.15) is 17.2 Å². The van der Waals surface area contributed by atoms with Crippen LogP contribution < -0.4 is 4.74 Å². The molecular weight excluding hydrogens is 264 g/mol. The molecule has 2 aromatic rings. The zero-order valence-electron chi connectivity index (χ0n) is 10.2. The van der Waals surface area contributed by atoms with Crippen LogP contribution in [-0.4, -0.2) is 14.7 Å². The monoisotopic (exact) mass is 276 g/mol. The van der Waals surface area contributed by atoms with Crippen LogP contribution in [-0.2, 0) is 14.3 Å². The molecule has 4 nitrogen and oxygen atoms in total. The molecule has 0 bridgehead atoms. The van der Waals surface area contributed by atoms with Gasteiger partial charge in [-0.2, -0.15) is 8.42 Å². The molecule has 0 N–H and O–H groups in total. The van der Waals surface area contributed by atoms with E-state index in [9.17, 15) is 8.42 Å². The first-order valence-corrected chi connectivity index (χ1v) is 7.60. The summed E-state index contributed by atoms with van der Waals surface area (Å²) >= 11 is 0. The number of rotatable bonds is 2. The van der Waals surface area contributed by atoms with E-state index in [2.05, 4.69) is 0 Å². The molecule has 0 spiro atoms. The number of ether oxygens (including phenoxy) is 1. The summed E-state index contributed by atoms with van der Waals surface area (Å²) in [6.45, 7) is 0. The van der Waals surface area contributed by atoms with E-state index >= 15 is 0 Å². The van der Waals surface area contributed by atoms with Gasteiger partial charge in [-0.15, -0.1) is 0 Å². The summed E-state index contributed by atoms with van der Waals surface area (Å²) in [7, 11) is -3.56. The molecule has 3 rings (SSSR count). The summed E-state index contributed by atoms with van der Waals surface area (Å²) in [5.41, 5.74) is 1.43. The number of benzene rings is 2. The Labute approximate surface area is 111 Å². The Morgan fingerprint density at radius 1 is 0.947 bits per heavy atom. The predicted octanol–water partition coefficient (Wildman–Crippen LogP) is 2.86. The Morgan fingerprint density at radius 2 is 1.42 bits per heavy atom. The average Bonchev–Trinajstić information content (AvgIpc) is 2.37. The lowest BCUT2D eigenvalue weighted by molar-refractivity contribution is 0.237. The second-order valence-electron chi connectivity index (χ2n) is 4.36. The van der Waals surface area contributed by atoms with Crippen molar-refractivity contribution in [3.05, 3.63) is 59.7 Å². The smallest absolute Gasteiger partial charge is 0.265 e. The van der Waals surface area contributed by atoms with Crippen molar-refractivity contribution in [3.8, 4) is 11.5 Å². The van der Waals surface area contributed by atoms with E-state index in [1.807, 2.05) is 24.3 Å². The quantitative estimate of drug-likeness (QED) is 0.791. The van der Waals surface area contributed by atoms with Crippen LogP contribution >= 0.6 is 0 Å². The molecule has 0 aromatic heterocycles. The summed E-state index contributed by atoms with van der Waals surface area (Å²) in [6.07, 6.45) is 0.393. The van der Waals surface area contributed by atoms with Crippen molar-refractivity contribution >= 4 is 10.1 Å². The molecule has 0 saturated carbocycles. The van der Waals surface area contributed by atoms with Crippen LogP contribution in [0.5, 0.6) is 11.5 Å². The summed E-state index contributed by atoms with van der Waals surface area (Å²) in [5, 5.41) is 0. The molecule has 1 aliphatic rings. The van der Waals surface area contributed by atoms with Gasteiger partial charge in [0.25, 0.3) is 10.1 Å². The zero-order chi connectivity index (χ0) is 13.5. The van der Waals surface area contributed by atoms with Gasteiger partial charge in [-0.05, 0) is 12.1 Å². The van der Waals surface area contributed by atoms with Gasteiger partial charge in [-0.1, -0.05) is 36.4 Å². The Kier molecular flexibility index (Phi) is 2.80. The van der Waals surface area contributed by atoms with E-state index in [1.54, 1.807) is 24.3 Å². The highest BCUT2D eigenvalue weighted by molar-refractivity contribution is 7.86. The van der Waals surface area contributed by atoms with Gasteiger partial charge in [0.1, 0.15) is 17.6 Å². The van der Waals surface area contributed by atoms with Crippen LogP contribution in [0.25, 0.3) is 0 Å². The summed E-state index contributed by atoms with van der Waals surface area (Å²) < 4.78 is 33.9. The third-order valence-corrected chi connectivity index (χ3v) is 3.44. The first kappa shape index (κ1) is 12.2. The minimum Gasteiger partial charge on any atom is -0.457 e. The molecule has 5 heteroatoms. The molecule has 0 unspecified atom stereocenters. The van der Waals surface area contributed by atoms with Crippen molar-refractivity contribution in [2.24, 2.45) is 0 Å². The largest absolute Gasteiger partial charge is 0.457 e. The van der Waals surface area contributed by atoms with Crippen molar-refractivity contribution in [2.45, 2.75) is 6.10 Å². The fraction of sp³-hybridized carbons (Fsp3) is 0.143. The first-order chi connectivity index (χ1) is 9.04. The fourth-order valence-corrected chi connectivity index (χ4v) is 2.70. The van der Waals surface area contributed by atoms with E-state index < -0.39 is 16.2 Å². The van der Waals surface area contributed by atoms with Gasteiger partial charge in [0, 0.05) is 11.1 Å². The SMILES string of the molecule is CS(=O)(=O)OC1c2ccccc2Oc2ccccc21. The highest BCUT2D eigenvalue weighted by Crippen LogP contribution is 2.44. The summed E-state index contributed by atoms with van der Waals surface area (Å²) in [4.78, 5) is 0. The molecule has 1 aliphatic heterocycles. The predicted molar refractivity (Wildman–Crippen MR) is 70.7 cm³/mol. The van der Waals surface area contributed by atoms with Crippen molar-refractivity contribution in [1.29, 1.82) is 0 Å². The molecule has 0 amide bonds. The van der Waals surface area contributed by atoms with Crippen LogP contribution in [0.4, 0.5) is 0 Å².